The van der Waals surface area contributed by atoms with Crippen molar-refractivity contribution in [2.24, 2.45) is 0 Å². The lowest BCUT2D eigenvalue weighted by molar-refractivity contribution is 0.600. The Labute approximate surface area is 118 Å². The van der Waals surface area contributed by atoms with Crippen molar-refractivity contribution < 1.29 is 12.8 Å². The molecule has 102 valence electrons. The molecule has 0 bridgehead atoms. The lowest BCUT2D eigenvalue weighted by Crippen LogP contribution is -2.14. The molecule has 0 aliphatic carbocycles. The monoisotopic (exact) mass is 321 g/mol. The van der Waals surface area contributed by atoms with Crippen LogP contribution in [0.1, 0.15) is 5.69 Å². The van der Waals surface area contributed by atoms with Crippen molar-refractivity contribution in [2.75, 3.05) is 10.5 Å². The number of hydrogen-bond donors (Lipinski definition) is 2. The van der Waals surface area contributed by atoms with E-state index in [0.717, 1.165) is 23.5 Å². The van der Waals surface area contributed by atoms with Crippen LogP contribution in [0.5, 0.6) is 0 Å². The number of thiazole rings is 1. The maximum atomic E-state index is 13.1. The minimum absolute atomic E-state index is 0.205. The van der Waals surface area contributed by atoms with E-state index in [0.29, 0.717) is 5.69 Å². The van der Waals surface area contributed by atoms with Gasteiger partial charge in [-0.15, -0.1) is 11.3 Å². The Morgan fingerprint density at radius 3 is 2.74 bits per heavy atom. The number of nitrogens with zero attached hydrogens (tertiary/aromatic N) is 1. The normalized spacial score (nSPS) is 11.5. The molecular formula is C10H9ClFN3O2S2. The molecule has 2 rings (SSSR count). The molecule has 0 unspecified atom stereocenters. The van der Waals surface area contributed by atoms with Crippen molar-refractivity contribution in [1.29, 1.82) is 0 Å². The molecule has 0 saturated heterocycles. The van der Waals surface area contributed by atoms with Crippen LogP contribution in [0.2, 0.25) is 5.02 Å². The summed E-state index contributed by atoms with van der Waals surface area (Å²) >= 11 is 6.86. The van der Waals surface area contributed by atoms with Gasteiger partial charge in [0.25, 0.3) is 10.0 Å². The van der Waals surface area contributed by atoms with Crippen LogP contribution < -0.4 is 10.5 Å². The summed E-state index contributed by atoms with van der Waals surface area (Å²) in [5, 5.41) is 1.65. The van der Waals surface area contributed by atoms with E-state index >= 15 is 0 Å². The summed E-state index contributed by atoms with van der Waals surface area (Å²) in [7, 11) is -3.95. The van der Waals surface area contributed by atoms with Gasteiger partial charge in [-0.1, -0.05) is 11.6 Å². The molecule has 3 N–H and O–H groups in total. The summed E-state index contributed by atoms with van der Waals surface area (Å²) in [6.07, 6.45) is 0. The van der Waals surface area contributed by atoms with Gasteiger partial charge in [-0.2, -0.15) is 0 Å². The van der Waals surface area contributed by atoms with Crippen LogP contribution >= 0.6 is 22.9 Å². The quantitative estimate of drug-likeness (QED) is 0.851. The maximum Gasteiger partial charge on any atom is 0.265 e. The summed E-state index contributed by atoms with van der Waals surface area (Å²) in [4.78, 5) is 3.68. The zero-order valence-corrected chi connectivity index (χ0v) is 12.0. The average molecular weight is 322 g/mol. The highest BCUT2D eigenvalue weighted by atomic mass is 35.5. The van der Waals surface area contributed by atoms with Crippen molar-refractivity contribution in [3.63, 3.8) is 0 Å². The Morgan fingerprint density at radius 2 is 2.16 bits per heavy atom. The van der Waals surface area contributed by atoms with Gasteiger partial charge in [0, 0.05) is 5.38 Å². The SMILES string of the molecule is Cc1csc(NS(=O)(=O)c2cc(N)c(F)cc2Cl)n1. The van der Waals surface area contributed by atoms with Crippen LogP contribution in [0.15, 0.2) is 22.4 Å². The van der Waals surface area contributed by atoms with Crippen LogP contribution in [-0.4, -0.2) is 13.4 Å². The zero-order valence-electron chi connectivity index (χ0n) is 9.65. The van der Waals surface area contributed by atoms with Crippen LogP contribution in [0.4, 0.5) is 15.2 Å². The van der Waals surface area contributed by atoms with Crippen LogP contribution in [0.25, 0.3) is 0 Å². The largest absolute Gasteiger partial charge is 0.396 e. The van der Waals surface area contributed by atoms with E-state index in [1.54, 1.807) is 12.3 Å². The first-order chi connectivity index (χ1) is 8.79. The number of nitrogens with one attached hydrogen (secondary N) is 1. The van der Waals surface area contributed by atoms with Gasteiger partial charge in [0.2, 0.25) is 0 Å². The number of hydrogen-bond acceptors (Lipinski definition) is 5. The van der Waals surface area contributed by atoms with Crippen molar-refractivity contribution in [2.45, 2.75) is 11.8 Å². The van der Waals surface area contributed by atoms with E-state index in [1.807, 2.05) is 0 Å². The molecule has 0 spiro atoms. The predicted molar refractivity (Wildman–Crippen MR) is 73.5 cm³/mol. The Hall–Kier alpha value is -1.38. The van der Waals surface area contributed by atoms with Crippen molar-refractivity contribution in [1.82, 2.24) is 4.98 Å². The first-order valence-corrected chi connectivity index (χ1v) is 7.73. The molecule has 0 amide bonds. The van der Waals surface area contributed by atoms with Gasteiger partial charge in [-0.3, -0.25) is 4.72 Å². The Morgan fingerprint density at radius 1 is 1.47 bits per heavy atom. The molecule has 1 aromatic heterocycles. The lowest BCUT2D eigenvalue weighted by Gasteiger charge is -2.08. The van der Waals surface area contributed by atoms with Crippen molar-refractivity contribution >= 4 is 43.8 Å². The first kappa shape index (κ1) is 14.0. The minimum Gasteiger partial charge on any atom is -0.396 e. The van der Waals surface area contributed by atoms with Crippen LogP contribution in [-0.2, 0) is 10.0 Å². The highest BCUT2D eigenvalue weighted by molar-refractivity contribution is 7.93. The number of aryl methyl sites for hydroxylation is 1. The highest BCUT2D eigenvalue weighted by Crippen LogP contribution is 2.28. The summed E-state index contributed by atoms with van der Waals surface area (Å²) in [5.41, 5.74) is 5.74. The third-order valence-corrected chi connectivity index (χ3v) is 4.99. The van der Waals surface area contributed by atoms with Crippen LogP contribution in [0.3, 0.4) is 0 Å². The van der Waals surface area contributed by atoms with E-state index in [-0.39, 0.29) is 20.7 Å². The predicted octanol–water partition coefficient (Wildman–Crippen LogP) is 2.63. The van der Waals surface area contributed by atoms with Crippen molar-refractivity contribution in [3.05, 3.63) is 34.0 Å². The van der Waals surface area contributed by atoms with Gasteiger partial charge in [-0.05, 0) is 19.1 Å². The number of benzene rings is 1. The Bertz CT molecular complexity index is 730. The van der Waals surface area contributed by atoms with Crippen LogP contribution in [0, 0.1) is 12.7 Å². The van der Waals surface area contributed by atoms with Gasteiger partial charge >= 0.3 is 0 Å². The molecule has 0 radical (unpaired) electrons. The standard InChI is InChI=1S/C10H9ClFN3O2S2/c1-5-4-18-10(14-5)15-19(16,17)9-3-8(13)7(12)2-6(9)11/h2-4H,13H2,1H3,(H,14,15). The van der Waals surface area contributed by atoms with Gasteiger partial charge < -0.3 is 5.73 Å². The molecule has 0 aliphatic heterocycles. The topological polar surface area (TPSA) is 85.1 Å². The fraction of sp³-hybridized carbons (Fsp3) is 0.100. The van der Waals surface area contributed by atoms with Gasteiger partial charge in [-0.25, -0.2) is 17.8 Å². The molecule has 19 heavy (non-hydrogen) atoms. The zero-order chi connectivity index (χ0) is 14.2. The van der Waals surface area contributed by atoms with Gasteiger partial charge in [0.05, 0.1) is 16.4 Å². The molecule has 2 aromatic rings. The molecule has 1 heterocycles. The van der Waals surface area contributed by atoms with Gasteiger partial charge in [0.1, 0.15) is 10.7 Å². The number of halogens is 2. The molecule has 0 fully saturated rings. The molecule has 0 aliphatic rings. The van der Waals surface area contributed by atoms with E-state index in [4.69, 9.17) is 17.3 Å². The summed E-state index contributed by atoms with van der Waals surface area (Å²) in [5.74, 6) is -0.769. The molecular weight excluding hydrogens is 313 g/mol. The van der Waals surface area contributed by atoms with E-state index in [9.17, 15) is 12.8 Å². The maximum absolute atomic E-state index is 13.1. The summed E-state index contributed by atoms with van der Waals surface area (Å²) < 4.78 is 39.6. The fourth-order valence-corrected chi connectivity index (χ4v) is 3.81. The number of anilines is 2. The highest BCUT2D eigenvalue weighted by Gasteiger charge is 2.21. The molecule has 9 heteroatoms. The summed E-state index contributed by atoms with van der Waals surface area (Å²) in [6.45, 7) is 1.73. The molecule has 1 aromatic carbocycles. The van der Waals surface area contributed by atoms with Gasteiger partial charge in [0.15, 0.2) is 5.13 Å². The number of rotatable bonds is 3. The molecule has 5 nitrogen and oxygen atoms in total. The number of sulfonamides is 1. The number of nitrogens with two attached hydrogens (primary N) is 1. The summed E-state index contributed by atoms with van der Waals surface area (Å²) in [6, 6.07) is 1.83. The van der Waals surface area contributed by atoms with E-state index < -0.39 is 15.8 Å². The second-order valence-electron chi connectivity index (χ2n) is 3.70. The Kier molecular flexibility index (Phi) is 3.66. The van der Waals surface area contributed by atoms with E-state index in [1.165, 1.54) is 0 Å². The van der Waals surface area contributed by atoms with E-state index in [2.05, 4.69) is 9.71 Å². The molecule has 0 atom stereocenters. The lowest BCUT2D eigenvalue weighted by atomic mass is 10.3. The molecule has 0 saturated carbocycles. The minimum atomic E-state index is -3.95. The average Bonchev–Trinajstić information content (AvgIpc) is 2.68. The van der Waals surface area contributed by atoms with Crippen molar-refractivity contribution in [3.8, 4) is 0 Å². The second kappa shape index (κ2) is 4.95. The number of aromatic nitrogens is 1. The third kappa shape index (κ3) is 2.96. The first-order valence-electron chi connectivity index (χ1n) is 4.99. The number of nitrogen functional groups attached to an aromatic ring is 1. The second-order valence-corrected chi connectivity index (χ2v) is 6.62. The third-order valence-electron chi connectivity index (χ3n) is 2.18. The fourth-order valence-electron chi connectivity index (χ4n) is 1.32. The Balaban J connectivity index is 2.42. The smallest absolute Gasteiger partial charge is 0.265 e.